The molecule has 0 unspecified atom stereocenters. The van der Waals surface area contributed by atoms with Gasteiger partial charge in [-0.3, -0.25) is 13.3 Å². The number of nitrogens with zero attached hydrogens (tertiary/aromatic N) is 3. The highest BCUT2D eigenvalue weighted by molar-refractivity contribution is 7.94. The highest BCUT2D eigenvalue weighted by Crippen LogP contribution is 2.42. The van der Waals surface area contributed by atoms with Crippen LogP contribution < -0.4 is 13.3 Å². The van der Waals surface area contributed by atoms with Gasteiger partial charge in [0.25, 0.3) is 10.0 Å². The van der Waals surface area contributed by atoms with Gasteiger partial charge in [-0.2, -0.15) is 8.42 Å². The number of halogens is 1. The van der Waals surface area contributed by atoms with Crippen LogP contribution >= 0.6 is 0 Å². The molecule has 1 N–H and O–H groups in total. The molecule has 0 atom stereocenters. The van der Waals surface area contributed by atoms with Gasteiger partial charge in [-0.15, -0.1) is 0 Å². The van der Waals surface area contributed by atoms with Crippen molar-refractivity contribution in [1.29, 1.82) is 0 Å². The number of aromatic nitrogens is 1. The van der Waals surface area contributed by atoms with Gasteiger partial charge in [0.05, 0.1) is 17.1 Å². The Labute approximate surface area is 144 Å². The average molecular weight is 390 g/mol. The van der Waals surface area contributed by atoms with Crippen LogP contribution in [0, 0.1) is 19.7 Å². The Kier molecular flexibility index (Phi) is 3.73. The van der Waals surface area contributed by atoms with Gasteiger partial charge in [-0.25, -0.2) is 12.8 Å². The lowest BCUT2D eigenvalue weighted by molar-refractivity contribution is 0.390. The van der Waals surface area contributed by atoms with E-state index in [1.807, 2.05) is 0 Å². The lowest BCUT2D eigenvalue weighted by atomic mass is 10.2. The molecule has 0 amide bonds. The molecule has 2 aromatic rings. The van der Waals surface area contributed by atoms with Gasteiger partial charge in [0, 0.05) is 20.2 Å². The lowest BCUT2D eigenvalue weighted by Gasteiger charge is -2.13. The quantitative estimate of drug-likeness (QED) is 0.847. The largest absolute Gasteiger partial charge is 0.360 e. The number of aryl methyl sites for hydroxylation is 2. The molecule has 1 aliphatic rings. The predicted octanol–water partition coefficient (Wildman–Crippen LogP) is 1.36. The molecule has 0 radical (unpaired) electrons. The maximum atomic E-state index is 14.4. The minimum absolute atomic E-state index is 0.0611. The zero-order chi connectivity index (χ0) is 18.7. The summed E-state index contributed by atoms with van der Waals surface area (Å²) >= 11 is 0. The van der Waals surface area contributed by atoms with Crippen LogP contribution in [0.4, 0.5) is 21.5 Å². The van der Waals surface area contributed by atoms with Gasteiger partial charge in [-0.1, -0.05) is 5.16 Å². The van der Waals surface area contributed by atoms with Crippen molar-refractivity contribution in [2.24, 2.45) is 0 Å². The third kappa shape index (κ3) is 2.52. The van der Waals surface area contributed by atoms with Crippen LogP contribution in [-0.4, -0.2) is 36.1 Å². The van der Waals surface area contributed by atoms with Crippen molar-refractivity contribution >= 4 is 37.3 Å². The van der Waals surface area contributed by atoms with E-state index in [0.717, 1.165) is 20.7 Å². The standard InChI is InChI=1S/C13H15FN4O5S2/c1-7-13(8(2)23-15-7)24(19,20)16-10-6-12-11(5-9(10)14)17(3)25(21,22)18(12)4/h5-6,16H,1-4H3. The number of nitrogens with one attached hydrogen (secondary N) is 1. The van der Waals surface area contributed by atoms with Crippen molar-refractivity contribution in [2.75, 3.05) is 27.4 Å². The van der Waals surface area contributed by atoms with Crippen LogP contribution in [-0.2, 0) is 20.2 Å². The van der Waals surface area contributed by atoms with E-state index >= 15 is 0 Å². The highest BCUT2D eigenvalue weighted by atomic mass is 32.2. The van der Waals surface area contributed by atoms with Crippen LogP contribution in [0.2, 0.25) is 0 Å². The summed E-state index contributed by atoms with van der Waals surface area (Å²) in [5.41, 5.74) is 0.0164. The Hall–Kier alpha value is -2.34. The summed E-state index contributed by atoms with van der Waals surface area (Å²) < 4.78 is 72.4. The molecular formula is C13H15FN4O5S2. The van der Waals surface area contributed by atoms with E-state index in [1.165, 1.54) is 27.9 Å². The number of fused-ring (bicyclic) bond motifs is 1. The topological polar surface area (TPSA) is 113 Å². The first-order valence-corrected chi connectivity index (χ1v) is 9.87. The molecular weight excluding hydrogens is 375 g/mol. The van der Waals surface area contributed by atoms with E-state index in [4.69, 9.17) is 4.52 Å². The molecule has 1 aromatic carbocycles. The SMILES string of the molecule is Cc1noc(C)c1S(=O)(=O)Nc1cc2c(cc1F)N(C)S(=O)(=O)N2C. The van der Waals surface area contributed by atoms with E-state index in [2.05, 4.69) is 9.88 Å². The van der Waals surface area contributed by atoms with Crippen molar-refractivity contribution in [3.05, 3.63) is 29.4 Å². The fourth-order valence-corrected chi connectivity index (χ4v) is 5.17. The Bertz CT molecular complexity index is 1060. The fourth-order valence-electron chi connectivity index (χ4n) is 2.62. The second-order valence-electron chi connectivity index (χ2n) is 5.52. The van der Waals surface area contributed by atoms with Crippen molar-refractivity contribution in [3.8, 4) is 0 Å². The van der Waals surface area contributed by atoms with Gasteiger partial charge >= 0.3 is 10.2 Å². The monoisotopic (exact) mass is 390 g/mol. The molecule has 0 saturated carbocycles. The van der Waals surface area contributed by atoms with Crippen LogP contribution in [0.25, 0.3) is 0 Å². The first-order chi connectivity index (χ1) is 11.5. The summed E-state index contributed by atoms with van der Waals surface area (Å²) in [5, 5.41) is 3.56. The van der Waals surface area contributed by atoms with Crippen molar-refractivity contribution in [2.45, 2.75) is 18.7 Å². The fraction of sp³-hybridized carbons (Fsp3) is 0.308. The predicted molar refractivity (Wildman–Crippen MR) is 88.9 cm³/mol. The first kappa shape index (κ1) is 17.5. The molecule has 2 heterocycles. The molecule has 1 aliphatic heterocycles. The molecule has 1 aromatic heterocycles. The summed E-state index contributed by atoms with van der Waals surface area (Å²) in [6.45, 7) is 2.86. The zero-order valence-corrected chi connectivity index (χ0v) is 15.4. The Balaban J connectivity index is 2.09. The molecule has 25 heavy (non-hydrogen) atoms. The number of anilines is 3. The molecule has 9 nitrogen and oxygen atoms in total. The van der Waals surface area contributed by atoms with Gasteiger partial charge in [0.2, 0.25) is 0 Å². The maximum absolute atomic E-state index is 14.4. The molecule has 0 spiro atoms. The molecule has 136 valence electrons. The Morgan fingerprint density at radius 1 is 1.16 bits per heavy atom. The number of hydrogen-bond donors (Lipinski definition) is 1. The number of benzene rings is 1. The smallest absolute Gasteiger partial charge is 0.326 e. The van der Waals surface area contributed by atoms with Gasteiger partial charge in [0.15, 0.2) is 10.7 Å². The highest BCUT2D eigenvalue weighted by Gasteiger charge is 2.37. The van der Waals surface area contributed by atoms with E-state index in [9.17, 15) is 21.2 Å². The summed E-state index contributed by atoms with van der Waals surface area (Å²) in [6, 6.07) is 2.09. The second-order valence-corrected chi connectivity index (χ2v) is 9.13. The summed E-state index contributed by atoms with van der Waals surface area (Å²) in [6.07, 6.45) is 0. The molecule has 0 fully saturated rings. The zero-order valence-electron chi connectivity index (χ0n) is 13.7. The number of rotatable bonds is 3. The van der Waals surface area contributed by atoms with Gasteiger partial charge in [0.1, 0.15) is 11.5 Å². The van der Waals surface area contributed by atoms with Crippen molar-refractivity contribution in [3.63, 3.8) is 0 Å². The summed E-state index contributed by atoms with van der Waals surface area (Å²) in [4.78, 5) is -0.189. The summed E-state index contributed by atoms with van der Waals surface area (Å²) in [7, 11) is -5.38. The van der Waals surface area contributed by atoms with Crippen LogP contribution in [0.5, 0.6) is 0 Å². The van der Waals surface area contributed by atoms with E-state index < -0.39 is 26.0 Å². The van der Waals surface area contributed by atoms with Crippen LogP contribution in [0.15, 0.2) is 21.6 Å². The van der Waals surface area contributed by atoms with Gasteiger partial charge < -0.3 is 4.52 Å². The van der Waals surface area contributed by atoms with Crippen LogP contribution in [0.3, 0.4) is 0 Å². The lowest BCUT2D eigenvalue weighted by Crippen LogP contribution is -2.32. The number of hydrogen-bond acceptors (Lipinski definition) is 6. The van der Waals surface area contributed by atoms with Crippen molar-refractivity contribution in [1.82, 2.24) is 5.16 Å². The third-order valence-corrected chi connectivity index (χ3v) is 7.30. The second kappa shape index (κ2) is 5.33. The molecule has 12 heteroatoms. The van der Waals surface area contributed by atoms with E-state index in [0.29, 0.717) is 0 Å². The van der Waals surface area contributed by atoms with E-state index in [1.54, 1.807) is 0 Å². The molecule has 0 saturated heterocycles. The van der Waals surface area contributed by atoms with Crippen LogP contribution in [0.1, 0.15) is 11.5 Å². The first-order valence-electron chi connectivity index (χ1n) is 6.99. The minimum atomic E-state index is -4.16. The van der Waals surface area contributed by atoms with E-state index in [-0.39, 0.29) is 33.4 Å². The molecule has 0 aliphatic carbocycles. The number of sulfonamides is 1. The third-order valence-electron chi connectivity index (χ3n) is 3.92. The average Bonchev–Trinajstić information content (AvgIpc) is 2.92. The summed E-state index contributed by atoms with van der Waals surface area (Å²) in [5.74, 6) is -0.850. The Morgan fingerprint density at radius 3 is 2.24 bits per heavy atom. The maximum Gasteiger partial charge on any atom is 0.326 e. The minimum Gasteiger partial charge on any atom is -0.360 e. The Morgan fingerprint density at radius 2 is 1.72 bits per heavy atom. The van der Waals surface area contributed by atoms with Crippen molar-refractivity contribution < 1.29 is 25.7 Å². The van der Waals surface area contributed by atoms with Gasteiger partial charge in [-0.05, 0) is 19.9 Å². The molecule has 3 rings (SSSR count). The molecule has 0 bridgehead atoms. The normalized spacial score (nSPS) is 16.2.